The summed E-state index contributed by atoms with van der Waals surface area (Å²) in [5.41, 5.74) is 7.95. The average molecular weight is 560 g/mol. The first-order valence-electron chi connectivity index (χ1n) is 14.3. The Kier molecular flexibility index (Phi) is 9.70. The molecule has 0 saturated heterocycles. The van der Waals surface area contributed by atoms with Crippen molar-refractivity contribution in [3.8, 4) is 28.3 Å². The average Bonchev–Trinajstić information content (AvgIpc) is 3.56. The summed E-state index contributed by atoms with van der Waals surface area (Å²) >= 11 is 0. The molecular formula is C36H37N3O3. The summed E-state index contributed by atoms with van der Waals surface area (Å²) in [6, 6.07) is 35.1. The predicted molar refractivity (Wildman–Crippen MR) is 168 cm³/mol. The molecule has 1 heterocycles. The predicted octanol–water partition coefficient (Wildman–Crippen LogP) is 6.84. The Morgan fingerprint density at radius 1 is 0.762 bits per heavy atom. The number of amides is 1. The Morgan fingerprint density at radius 2 is 1.57 bits per heavy atom. The molecule has 1 amide bonds. The van der Waals surface area contributed by atoms with E-state index in [1.165, 1.54) is 23.6 Å². The van der Waals surface area contributed by atoms with Gasteiger partial charge in [0.05, 0.1) is 0 Å². The van der Waals surface area contributed by atoms with Crippen LogP contribution >= 0.6 is 0 Å². The van der Waals surface area contributed by atoms with Crippen LogP contribution in [0.25, 0.3) is 16.8 Å². The lowest BCUT2D eigenvalue weighted by atomic mass is 9.97. The topological polar surface area (TPSA) is 64.5 Å². The molecule has 6 nitrogen and oxygen atoms in total. The molecule has 214 valence electrons. The molecule has 0 aliphatic heterocycles. The third kappa shape index (κ3) is 7.68. The van der Waals surface area contributed by atoms with Crippen LogP contribution in [0.2, 0.25) is 0 Å². The minimum atomic E-state index is -0.0333. The summed E-state index contributed by atoms with van der Waals surface area (Å²) in [4.78, 5) is 11.2. The number of aromatic nitrogens is 1. The fourth-order valence-electron chi connectivity index (χ4n) is 4.86. The van der Waals surface area contributed by atoms with Crippen molar-refractivity contribution in [3.63, 3.8) is 0 Å². The summed E-state index contributed by atoms with van der Waals surface area (Å²) in [6.45, 7) is 6.39. The molecule has 1 aromatic heterocycles. The van der Waals surface area contributed by atoms with Gasteiger partial charge in [0.15, 0.2) is 0 Å². The van der Waals surface area contributed by atoms with Crippen molar-refractivity contribution < 1.29 is 14.3 Å². The highest BCUT2D eigenvalue weighted by Gasteiger charge is 2.10. The summed E-state index contributed by atoms with van der Waals surface area (Å²) < 4.78 is 14.8. The van der Waals surface area contributed by atoms with Gasteiger partial charge in [-0.3, -0.25) is 4.79 Å². The van der Waals surface area contributed by atoms with E-state index in [2.05, 4.69) is 82.8 Å². The fourth-order valence-corrected chi connectivity index (χ4v) is 4.86. The van der Waals surface area contributed by atoms with Gasteiger partial charge in [0.1, 0.15) is 24.7 Å². The Labute approximate surface area is 247 Å². The molecule has 0 fully saturated rings. The Balaban J connectivity index is 1.30. The SMILES string of the molecule is CC(=O)NCCNCc1ccc(OCc2cccc(-c3ccccc3)c2C)cc1OCc1cccc(-n2cccc2)c1. The van der Waals surface area contributed by atoms with Gasteiger partial charge in [-0.25, -0.2) is 0 Å². The van der Waals surface area contributed by atoms with Crippen LogP contribution in [0.3, 0.4) is 0 Å². The molecule has 2 N–H and O–H groups in total. The van der Waals surface area contributed by atoms with Gasteiger partial charge in [0.2, 0.25) is 5.91 Å². The molecule has 0 radical (unpaired) electrons. The fraction of sp³-hybridized carbons (Fsp3) is 0.194. The second-order valence-electron chi connectivity index (χ2n) is 10.2. The van der Waals surface area contributed by atoms with Crippen LogP contribution in [-0.4, -0.2) is 23.6 Å². The van der Waals surface area contributed by atoms with Gasteiger partial charge in [-0.15, -0.1) is 0 Å². The van der Waals surface area contributed by atoms with Gasteiger partial charge in [0, 0.05) is 56.3 Å². The first-order chi connectivity index (χ1) is 20.6. The highest BCUT2D eigenvalue weighted by molar-refractivity contribution is 5.72. The molecule has 5 rings (SSSR count). The molecule has 5 aromatic rings. The molecule has 6 heteroatoms. The van der Waals surface area contributed by atoms with E-state index in [0.29, 0.717) is 32.8 Å². The zero-order chi connectivity index (χ0) is 29.1. The van der Waals surface area contributed by atoms with Crippen LogP contribution in [0.4, 0.5) is 0 Å². The summed E-state index contributed by atoms with van der Waals surface area (Å²) in [5.74, 6) is 1.48. The number of carbonyl (C=O) groups excluding carboxylic acids is 1. The van der Waals surface area contributed by atoms with E-state index in [1.807, 2.05) is 54.9 Å². The van der Waals surface area contributed by atoms with E-state index >= 15 is 0 Å². The quantitative estimate of drug-likeness (QED) is 0.155. The molecule has 0 spiro atoms. The van der Waals surface area contributed by atoms with E-state index in [4.69, 9.17) is 9.47 Å². The van der Waals surface area contributed by atoms with Crippen molar-refractivity contribution in [2.24, 2.45) is 0 Å². The zero-order valence-corrected chi connectivity index (χ0v) is 24.2. The van der Waals surface area contributed by atoms with E-state index < -0.39 is 0 Å². The van der Waals surface area contributed by atoms with Crippen LogP contribution < -0.4 is 20.1 Å². The molecule has 4 aromatic carbocycles. The maximum absolute atomic E-state index is 11.2. The van der Waals surface area contributed by atoms with E-state index in [9.17, 15) is 4.79 Å². The number of hydrogen-bond acceptors (Lipinski definition) is 4. The van der Waals surface area contributed by atoms with Crippen LogP contribution in [0.15, 0.2) is 116 Å². The standard InChI is InChI=1S/C36H37N3O3/c1-27-32(13-9-15-35(27)30-11-4-3-5-12-30)26-41-34-17-16-31(24-37-18-19-38-28(2)40)36(23-34)42-25-29-10-8-14-33(22-29)39-20-6-7-21-39/h3-17,20-23,37H,18-19,24-26H2,1-2H3,(H,38,40). The first-order valence-corrected chi connectivity index (χ1v) is 14.3. The summed E-state index contributed by atoms with van der Waals surface area (Å²) in [7, 11) is 0. The third-order valence-electron chi connectivity index (χ3n) is 7.16. The molecule has 0 saturated carbocycles. The van der Waals surface area contributed by atoms with Gasteiger partial charge < -0.3 is 24.7 Å². The maximum atomic E-state index is 11.2. The largest absolute Gasteiger partial charge is 0.489 e. The minimum Gasteiger partial charge on any atom is -0.489 e. The minimum absolute atomic E-state index is 0.0333. The van der Waals surface area contributed by atoms with Crippen molar-refractivity contribution in [1.29, 1.82) is 0 Å². The van der Waals surface area contributed by atoms with Gasteiger partial charge >= 0.3 is 0 Å². The zero-order valence-electron chi connectivity index (χ0n) is 24.2. The van der Waals surface area contributed by atoms with Crippen molar-refractivity contribution in [3.05, 3.63) is 138 Å². The number of nitrogens with one attached hydrogen (secondary N) is 2. The molecule has 0 aliphatic rings. The molecular weight excluding hydrogens is 522 g/mol. The maximum Gasteiger partial charge on any atom is 0.216 e. The van der Waals surface area contributed by atoms with Crippen LogP contribution in [-0.2, 0) is 24.6 Å². The number of rotatable bonds is 13. The van der Waals surface area contributed by atoms with Crippen molar-refractivity contribution in [2.75, 3.05) is 13.1 Å². The molecule has 42 heavy (non-hydrogen) atoms. The Bertz CT molecular complexity index is 1600. The molecule has 0 bridgehead atoms. The summed E-state index contributed by atoms with van der Waals surface area (Å²) in [5, 5.41) is 6.21. The molecule has 0 aliphatic carbocycles. The normalized spacial score (nSPS) is 10.8. The van der Waals surface area contributed by atoms with E-state index in [0.717, 1.165) is 33.9 Å². The third-order valence-corrected chi connectivity index (χ3v) is 7.16. The summed E-state index contributed by atoms with van der Waals surface area (Å²) in [6.07, 6.45) is 4.06. The van der Waals surface area contributed by atoms with Crippen LogP contribution in [0, 0.1) is 6.92 Å². The lowest BCUT2D eigenvalue weighted by molar-refractivity contribution is -0.118. The number of nitrogens with zero attached hydrogens (tertiary/aromatic N) is 1. The monoisotopic (exact) mass is 559 g/mol. The van der Waals surface area contributed by atoms with Gasteiger partial charge in [0.25, 0.3) is 0 Å². The number of ether oxygens (including phenoxy) is 2. The highest BCUT2D eigenvalue weighted by atomic mass is 16.5. The number of benzene rings is 4. The van der Waals surface area contributed by atoms with Crippen LogP contribution in [0.1, 0.15) is 29.2 Å². The van der Waals surface area contributed by atoms with Crippen molar-refractivity contribution in [2.45, 2.75) is 33.6 Å². The second kappa shape index (κ2) is 14.2. The van der Waals surface area contributed by atoms with Crippen molar-refractivity contribution in [1.82, 2.24) is 15.2 Å². The van der Waals surface area contributed by atoms with E-state index in [-0.39, 0.29) is 5.91 Å². The van der Waals surface area contributed by atoms with Gasteiger partial charge in [-0.05, 0) is 65.1 Å². The molecule has 0 unspecified atom stereocenters. The molecule has 0 atom stereocenters. The van der Waals surface area contributed by atoms with Gasteiger partial charge in [-0.1, -0.05) is 66.7 Å². The second-order valence-corrected chi connectivity index (χ2v) is 10.2. The highest BCUT2D eigenvalue weighted by Crippen LogP contribution is 2.29. The lowest BCUT2D eigenvalue weighted by Gasteiger charge is -2.16. The van der Waals surface area contributed by atoms with Crippen LogP contribution in [0.5, 0.6) is 11.5 Å². The number of carbonyl (C=O) groups is 1. The first kappa shape index (κ1) is 28.7. The smallest absolute Gasteiger partial charge is 0.216 e. The van der Waals surface area contributed by atoms with Crippen molar-refractivity contribution >= 4 is 5.91 Å². The number of hydrogen-bond donors (Lipinski definition) is 2. The van der Waals surface area contributed by atoms with E-state index in [1.54, 1.807) is 0 Å². The Morgan fingerprint density at radius 3 is 2.38 bits per heavy atom. The van der Waals surface area contributed by atoms with Gasteiger partial charge in [-0.2, -0.15) is 0 Å². The Hall–Kier alpha value is -4.81. The lowest BCUT2D eigenvalue weighted by Crippen LogP contribution is -2.30.